The van der Waals surface area contributed by atoms with Crippen molar-refractivity contribution >= 4 is 54.5 Å². The van der Waals surface area contributed by atoms with Crippen LogP contribution in [0.25, 0.3) is 0 Å². The van der Waals surface area contributed by atoms with Crippen molar-refractivity contribution in [2.24, 2.45) is 5.92 Å². The normalized spacial score (nSPS) is 21.9. The van der Waals surface area contributed by atoms with E-state index in [0.29, 0.717) is 12.5 Å². The number of nitrogens with one attached hydrogen (secondary N) is 2. The summed E-state index contributed by atoms with van der Waals surface area (Å²) in [6.45, 7) is 6.80. The Labute approximate surface area is 187 Å². The summed E-state index contributed by atoms with van der Waals surface area (Å²) in [5.41, 5.74) is 2.14. The Hall–Kier alpha value is -0.720. The largest absolute Gasteiger partial charge is 0.369 e. The Kier molecular flexibility index (Phi) is 10.9. The maximum absolute atomic E-state index is 12.2. The molecule has 4 rings (SSSR count). The van der Waals surface area contributed by atoms with Gasteiger partial charge in [-0.3, -0.25) is 9.69 Å². The molecule has 3 aliphatic rings. The molecule has 0 aromatic heterocycles. The molecule has 0 bridgehead atoms. The number of carbonyl (C=O) groups is 1. The van der Waals surface area contributed by atoms with Crippen LogP contribution in [0, 0.1) is 5.92 Å². The van der Waals surface area contributed by atoms with Gasteiger partial charge < -0.3 is 15.5 Å². The number of anilines is 2. The van der Waals surface area contributed by atoms with Crippen molar-refractivity contribution < 1.29 is 4.79 Å². The molecule has 0 spiro atoms. The third kappa shape index (κ3) is 7.27. The van der Waals surface area contributed by atoms with Gasteiger partial charge in [0, 0.05) is 56.6 Å². The lowest BCUT2D eigenvalue weighted by Crippen LogP contribution is -2.47. The first-order valence-corrected chi connectivity index (χ1v) is 9.87. The van der Waals surface area contributed by atoms with Crippen molar-refractivity contribution in [1.82, 2.24) is 10.2 Å². The fourth-order valence-electron chi connectivity index (χ4n) is 4.00. The predicted molar refractivity (Wildman–Crippen MR) is 124 cm³/mol. The van der Waals surface area contributed by atoms with E-state index in [9.17, 15) is 4.79 Å². The van der Waals surface area contributed by atoms with Gasteiger partial charge in [0.05, 0.1) is 0 Å². The van der Waals surface area contributed by atoms with Crippen LogP contribution in [0.4, 0.5) is 11.4 Å². The minimum Gasteiger partial charge on any atom is -0.369 e. The van der Waals surface area contributed by atoms with E-state index < -0.39 is 0 Å². The van der Waals surface area contributed by atoms with Gasteiger partial charge in [-0.25, -0.2) is 0 Å². The SMILES string of the molecule is Cl.Cl.Cl.O=C(CC1CCCN1)Nc1cccc(N2CCN(CC3CC3)CC2)c1. The minimum absolute atomic E-state index is 0. The van der Waals surface area contributed by atoms with Gasteiger partial charge >= 0.3 is 0 Å². The van der Waals surface area contributed by atoms with Crippen LogP contribution in [0.3, 0.4) is 0 Å². The van der Waals surface area contributed by atoms with E-state index in [-0.39, 0.29) is 43.1 Å². The molecule has 1 aromatic rings. The van der Waals surface area contributed by atoms with Crippen molar-refractivity contribution in [3.63, 3.8) is 0 Å². The van der Waals surface area contributed by atoms with Gasteiger partial charge in [-0.05, 0) is 56.3 Å². The van der Waals surface area contributed by atoms with E-state index in [4.69, 9.17) is 0 Å². The molecule has 28 heavy (non-hydrogen) atoms. The number of nitrogens with zero attached hydrogens (tertiary/aromatic N) is 2. The predicted octanol–water partition coefficient (Wildman–Crippen LogP) is 3.56. The van der Waals surface area contributed by atoms with Crippen molar-refractivity contribution in [2.75, 3.05) is 49.5 Å². The fraction of sp³-hybridized carbons (Fsp3) is 0.650. The van der Waals surface area contributed by atoms with Crippen molar-refractivity contribution in [3.8, 4) is 0 Å². The minimum atomic E-state index is 0. The molecule has 160 valence electrons. The van der Waals surface area contributed by atoms with Crippen molar-refractivity contribution in [3.05, 3.63) is 24.3 Å². The van der Waals surface area contributed by atoms with E-state index in [0.717, 1.165) is 50.7 Å². The highest BCUT2D eigenvalue weighted by Crippen LogP contribution is 2.30. The first-order chi connectivity index (χ1) is 12.3. The molecule has 2 saturated heterocycles. The number of benzene rings is 1. The van der Waals surface area contributed by atoms with Crippen LogP contribution >= 0.6 is 37.2 Å². The van der Waals surface area contributed by atoms with E-state index in [2.05, 4.69) is 38.6 Å². The average Bonchev–Trinajstić information content (AvgIpc) is 3.29. The molecule has 5 nitrogen and oxygen atoms in total. The molecule has 2 heterocycles. The summed E-state index contributed by atoms with van der Waals surface area (Å²) in [4.78, 5) is 17.3. The molecule has 0 radical (unpaired) electrons. The van der Waals surface area contributed by atoms with E-state index in [1.807, 2.05) is 6.07 Å². The molecule has 1 amide bonds. The molecule has 1 aromatic carbocycles. The van der Waals surface area contributed by atoms with Crippen LogP contribution in [-0.4, -0.2) is 56.1 Å². The zero-order chi connectivity index (χ0) is 17.1. The number of halogens is 3. The number of hydrogen-bond donors (Lipinski definition) is 2. The summed E-state index contributed by atoms with van der Waals surface area (Å²) in [5.74, 6) is 1.09. The third-order valence-corrected chi connectivity index (χ3v) is 5.67. The van der Waals surface area contributed by atoms with E-state index in [1.54, 1.807) is 0 Å². The summed E-state index contributed by atoms with van der Waals surface area (Å²) in [5, 5.41) is 6.46. The summed E-state index contributed by atoms with van der Waals surface area (Å²) < 4.78 is 0. The molecular formula is C20H33Cl3N4O. The van der Waals surface area contributed by atoms with Crippen LogP contribution in [0.1, 0.15) is 32.1 Å². The number of carbonyl (C=O) groups excluding carboxylic acids is 1. The van der Waals surface area contributed by atoms with E-state index >= 15 is 0 Å². The molecule has 2 N–H and O–H groups in total. The van der Waals surface area contributed by atoms with Gasteiger partial charge in [0.25, 0.3) is 0 Å². The van der Waals surface area contributed by atoms with Crippen LogP contribution in [-0.2, 0) is 4.79 Å². The highest BCUT2D eigenvalue weighted by atomic mass is 35.5. The molecule has 8 heteroatoms. The summed E-state index contributed by atoms with van der Waals surface area (Å²) in [7, 11) is 0. The highest BCUT2D eigenvalue weighted by molar-refractivity contribution is 5.91. The Morgan fingerprint density at radius 1 is 1.07 bits per heavy atom. The second-order valence-corrected chi connectivity index (χ2v) is 7.83. The monoisotopic (exact) mass is 450 g/mol. The highest BCUT2D eigenvalue weighted by Gasteiger charge is 2.26. The van der Waals surface area contributed by atoms with Gasteiger partial charge in [-0.1, -0.05) is 6.07 Å². The van der Waals surface area contributed by atoms with Gasteiger partial charge in [0.1, 0.15) is 0 Å². The summed E-state index contributed by atoms with van der Waals surface area (Å²) in [6.07, 6.45) is 5.72. The second-order valence-electron chi connectivity index (χ2n) is 7.83. The average molecular weight is 452 g/mol. The Balaban J connectivity index is 0.00000131. The van der Waals surface area contributed by atoms with Gasteiger partial charge in [0.2, 0.25) is 5.91 Å². The van der Waals surface area contributed by atoms with Crippen LogP contribution in [0.15, 0.2) is 24.3 Å². The van der Waals surface area contributed by atoms with Crippen LogP contribution < -0.4 is 15.5 Å². The number of piperazine rings is 1. The standard InChI is InChI=1S/C20H30N4O.3ClH/c25-20(14-17-4-2-8-21-17)22-18-3-1-5-19(13-18)24-11-9-23(10-12-24)15-16-6-7-16;;;/h1,3,5,13,16-17,21H,2,4,6-12,14-15H2,(H,22,25);3*1H. The Morgan fingerprint density at radius 2 is 1.82 bits per heavy atom. The fourth-order valence-corrected chi connectivity index (χ4v) is 4.00. The maximum atomic E-state index is 12.2. The molecule has 1 aliphatic carbocycles. The number of amides is 1. The second kappa shape index (κ2) is 12.1. The molecule has 1 saturated carbocycles. The first kappa shape index (κ1) is 25.3. The van der Waals surface area contributed by atoms with Gasteiger partial charge in [-0.15, -0.1) is 37.2 Å². The first-order valence-electron chi connectivity index (χ1n) is 9.87. The molecule has 2 aliphatic heterocycles. The molecular weight excluding hydrogens is 419 g/mol. The maximum Gasteiger partial charge on any atom is 0.225 e. The quantitative estimate of drug-likeness (QED) is 0.694. The third-order valence-electron chi connectivity index (χ3n) is 5.67. The number of hydrogen-bond acceptors (Lipinski definition) is 4. The molecule has 3 fully saturated rings. The zero-order valence-electron chi connectivity index (χ0n) is 16.3. The van der Waals surface area contributed by atoms with Crippen molar-refractivity contribution in [2.45, 2.75) is 38.1 Å². The van der Waals surface area contributed by atoms with Crippen molar-refractivity contribution in [1.29, 1.82) is 0 Å². The van der Waals surface area contributed by atoms with Gasteiger partial charge in [-0.2, -0.15) is 0 Å². The summed E-state index contributed by atoms with van der Waals surface area (Å²) in [6, 6.07) is 8.67. The van der Waals surface area contributed by atoms with Crippen LogP contribution in [0.5, 0.6) is 0 Å². The number of rotatable bonds is 6. The lowest BCUT2D eigenvalue weighted by atomic mass is 10.1. The topological polar surface area (TPSA) is 47.6 Å². The molecule has 1 unspecified atom stereocenters. The molecule has 1 atom stereocenters. The smallest absolute Gasteiger partial charge is 0.225 e. The summed E-state index contributed by atoms with van der Waals surface area (Å²) >= 11 is 0. The van der Waals surface area contributed by atoms with E-state index in [1.165, 1.54) is 31.5 Å². The lowest BCUT2D eigenvalue weighted by Gasteiger charge is -2.36. The Morgan fingerprint density at radius 3 is 2.46 bits per heavy atom. The lowest BCUT2D eigenvalue weighted by molar-refractivity contribution is -0.116. The Bertz CT molecular complexity index is 601. The van der Waals surface area contributed by atoms with Gasteiger partial charge in [0.15, 0.2) is 0 Å². The van der Waals surface area contributed by atoms with Crippen LogP contribution in [0.2, 0.25) is 0 Å². The zero-order valence-corrected chi connectivity index (χ0v) is 18.7.